The Hall–Kier alpha value is -1.77. The summed E-state index contributed by atoms with van der Waals surface area (Å²) < 4.78 is 11.2. The SMILES string of the molecule is CC(C)CCC[C@@H](C)[C@@H]1CC[C@@H]2[C@H]3CC=C4C[C@@H](OC(=O)Oc5ccccc5)CC[C@]4(C)[C@@H]3CC[C@@]21C. The Balaban J connectivity index is 1.22. The third-order valence-corrected chi connectivity index (χ3v) is 11.5. The first-order chi connectivity index (χ1) is 17.7. The molecular formula is C34H50O3. The first-order valence-corrected chi connectivity index (χ1v) is 15.3. The van der Waals surface area contributed by atoms with Crippen molar-refractivity contribution in [1.29, 1.82) is 0 Å². The Kier molecular flexibility index (Phi) is 7.81. The van der Waals surface area contributed by atoms with Gasteiger partial charge < -0.3 is 9.47 Å². The predicted octanol–water partition coefficient (Wildman–Crippen LogP) is 9.61. The summed E-state index contributed by atoms with van der Waals surface area (Å²) >= 11 is 0. The fraction of sp³-hybridized carbons (Fsp3) is 0.735. The number of hydrogen-bond acceptors (Lipinski definition) is 3. The van der Waals surface area contributed by atoms with Crippen molar-refractivity contribution < 1.29 is 14.3 Å². The number of carbonyl (C=O) groups is 1. The van der Waals surface area contributed by atoms with Gasteiger partial charge in [0.1, 0.15) is 11.9 Å². The van der Waals surface area contributed by atoms with Crippen LogP contribution in [0, 0.1) is 46.3 Å². The molecular weight excluding hydrogens is 456 g/mol. The number of carbonyl (C=O) groups excluding carboxylic acids is 1. The molecule has 0 heterocycles. The Morgan fingerprint density at radius 2 is 1.76 bits per heavy atom. The molecule has 5 rings (SSSR count). The quantitative estimate of drug-likeness (QED) is 0.210. The van der Waals surface area contributed by atoms with Gasteiger partial charge in [0.15, 0.2) is 0 Å². The molecule has 3 fully saturated rings. The van der Waals surface area contributed by atoms with Crippen LogP contribution < -0.4 is 4.74 Å². The molecule has 0 N–H and O–H groups in total. The molecule has 0 bridgehead atoms. The molecule has 3 nitrogen and oxygen atoms in total. The van der Waals surface area contributed by atoms with Crippen LogP contribution in [0.3, 0.4) is 0 Å². The van der Waals surface area contributed by atoms with Crippen LogP contribution >= 0.6 is 0 Å². The van der Waals surface area contributed by atoms with Gasteiger partial charge in [-0.15, -0.1) is 0 Å². The molecule has 0 spiro atoms. The lowest BCUT2D eigenvalue weighted by Crippen LogP contribution is -2.51. The fourth-order valence-electron chi connectivity index (χ4n) is 9.50. The van der Waals surface area contributed by atoms with Crippen molar-refractivity contribution in [2.75, 3.05) is 0 Å². The average molecular weight is 507 g/mol. The highest BCUT2D eigenvalue weighted by Crippen LogP contribution is 2.67. The van der Waals surface area contributed by atoms with Crippen LogP contribution in [0.25, 0.3) is 0 Å². The first-order valence-electron chi connectivity index (χ1n) is 15.3. The lowest BCUT2D eigenvalue weighted by atomic mass is 9.47. The number of para-hydroxylation sites is 1. The summed E-state index contributed by atoms with van der Waals surface area (Å²) in [6.07, 6.45) is 16.0. The molecule has 0 aliphatic heterocycles. The summed E-state index contributed by atoms with van der Waals surface area (Å²) in [4.78, 5) is 12.4. The van der Waals surface area contributed by atoms with Gasteiger partial charge in [0.2, 0.25) is 0 Å². The van der Waals surface area contributed by atoms with E-state index in [9.17, 15) is 4.79 Å². The van der Waals surface area contributed by atoms with Crippen LogP contribution in [0.15, 0.2) is 42.0 Å². The molecule has 0 saturated heterocycles. The van der Waals surface area contributed by atoms with Crippen LogP contribution in [0.5, 0.6) is 5.75 Å². The number of allylic oxidation sites excluding steroid dienone is 1. The number of fused-ring (bicyclic) bond motifs is 5. The minimum absolute atomic E-state index is 0.0662. The molecule has 4 aliphatic rings. The summed E-state index contributed by atoms with van der Waals surface area (Å²) in [6, 6.07) is 9.23. The van der Waals surface area contributed by atoms with Crippen LogP contribution in [-0.4, -0.2) is 12.3 Å². The molecule has 0 aromatic heterocycles. The van der Waals surface area contributed by atoms with Gasteiger partial charge in [0.25, 0.3) is 0 Å². The Morgan fingerprint density at radius 3 is 2.51 bits per heavy atom. The zero-order valence-electron chi connectivity index (χ0n) is 24.0. The van der Waals surface area contributed by atoms with Crippen molar-refractivity contribution in [3.63, 3.8) is 0 Å². The third-order valence-electron chi connectivity index (χ3n) is 11.5. The number of hydrogen-bond donors (Lipinski definition) is 0. The topological polar surface area (TPSA) is 35.5 Å². The van der Waals surface area contributed by atoms with Crippen LogP contribution in [-0.2, 0) is 4.74 Å². The van der Waals surface area contributed by atoms with Gasteiger partial charge in [0.05, 0.1) is 0 Å². The van der Waals surface area contributed by atoms with Crippen LogP contribution in [0.2, 0.25) is 0 Å². The highest BCUT2D eigenvalue weighted by Gasteiger charge is 2.59. The first kappa shape index (κ1) is 26.8. The summed E-state index contributed by atoms with van der Waals surface area (Å²) in [5, 5.41) is 0. The van der Waals surface area contributed by atoms with E-state index in [4.69, 9.17) is 9.47 Å². The van der Waals surface area contributed by atoms with Crippen molar-refractivity contribution in [3.05, 3.63) is 42.0 Å². The number of rotatable bonds is 7. The van der Waals surface area contributed by atoms with Crippen LogP contribution in [0.1, 0.15) is 105 Å². The average Bonchev–Trinajstić information content (AvgIpc) is 3.22. The molecule has 0 radical (unpaired) electrons. The Morgan fingerprint density at radius 1 is 0.973 bits per heavy atom. The van der Waals surface area contributed by atoms with E-state index >= 15 is 0 Å². The van der Waals surface area contributed by atoms with Gasteiger partial charge in [-0.3, -0.25) is 0 Å². The lowest BCUT2D eigenvalue weighted by Gasteiger charge is -2.58. The molecule has 4 aliphatic carbocycles. The zero-order valence-corrected chi connectivity index (χ0v) is 24.0. The standard InChI is InChI=1S/C34H50O3/c1-23(2)10-9-11-24(3)29-16-17-30-28-15-14-25-22-27(37-32(35)36-26-12-7-6-8-13-26)18-20-33(25,4)31(28)19-21-34(29,30)5/h6-8,12-14,23-24,27-31H,9-11,15-22H2,1-5H3/t24-,27+,28-,29+,30-,31-,33+,34-/m1/s1. The monoisotopic (exact) mass is 506 g/mol. The van der Waals surface area contributed by atoms with Crippen molar-refractivity contribution in [2.45, 2.75) is 111 Å². The number of benzene rings is 1. The molecule has 8 atom stereocenters. The second-order valence-electron chi connectivity index (χ2n) is 13.9. The van der Waals surface area contributed by atoms with Crippen LogP contribution in [0.4, 0.5) is 4.79 Å². The third kappa shape index (κ3) is 5.26. The summed E-state index contributed by atoms with van der Waals surface area (Å²) in [5.74, 6) is 5.64. The molecule has 3 saturated carbocycles. The zero-order chi connectivity index (χ0) is 26.2. The van der Waals surface area contributed by atoms with Crippen molar-refractivity contribution in [2.24, 2.45) is 46.3 Å². The van der Waals surface area contributed by atoms with Gasteiger partial charge in [-0.1, -0.05) is 83.7 Å². The minimum Gasteiger partial charge on any atom is -0.430 e. The second-order valence-corrected chi connectivity index (χ2v) is 13.9. The van der Waals surface area contributed by atoms with E-state index in [1.165, 1.54) is 51.4 Å². The summed E-state index contributed by atoms with van der Waals surface area (Å²) in [5.41, 5.74) is 2.36. The Labute approximate surface area is 225 Å². The smallest absolute Gasteiger partial charge is 0.430 e. The van der Waals surface area contributed by atoms with E-state index < -0.39 is 6.16 Å². The Bertz CT molecular complexity index is 967. The summed E-state index contributed by atoms with van der Waals surface area (Å²) in [7, 11) is 0. The van der Waals surface area contributed by atoms with Gasteiger partial charge in [-0.25, -0.2) is 4.79 Å². The molecule has 0 unspecified atom stereocenters. The highest BCUT2D eigenvalue weighted by molar-refractivity contribution is 5.64. The van der Waals surface area contributed by atoms with Gasteiger partial charge in [-0.2, -0.15) is 0 Å². The van der Waals surface area contributed by atoms with E-state index in [1.54, 1.807) is 17.7 Å². The van der Waals surface area contributed by atoms with Gasteiger partial charge in [-0.05, 0) is 103 Å². The van der Waals surface area contributed by atoms with Crippen molar-refractivity contribution in [3.8, 4) is 5.75 Å². The molecule has 1 aromatic carbocycles. The molecule has 3 heteroatoms. The summed E-state index contributed by atoms with van der Waals surface area (Å²) in [6.45, 7) is 12.5. The maximum absolute atomic E-state index is 12.4. The van der Waals surface area contributed by atoms with Crippen molar-refractivity contribution in [1.82, 2.24) is 0 Å². The minimum atomic E-state index is -0.568. The fourth-order valence-corrected chi connectivity index (χ4v) is 9.50. The normalized spacial score (nSPS) is 37.7. The molecule has 1 aromatic rings. The predicted molar refractivity (Wildman–Crippen MR) is 150 cm³/mol. The molecule has 0 amide bonds. The number of ether oxygens (including phenoxy) is 2. The van der Waals surface area contributed by atoms with Gasteiger partial charge >= 0.3 is 6.16 Å². The van der Waals surface area contributed by atoms with Gasteiger partial charge in [0, 0.05) is 6.42 Å². The second kappa shape index (κ2) is 10.8. The van der Waals surface area contributed by atoms with E-state index in [-0.39, 0.29) is 11.5 Å². The van der Waals surface area contributed by atoms with E-state index in [1.807, 2.05) is 18.2 Å². The highest BCUT2D eigenvalue weighted by atomic mass is 16.7. The maximum Gasteiger partial charge on any atom is 0.514 e. The maximum atomic E-state index is 12.4. The molecule has 204 valence electrons. The van der Waals surface area contributed by atoms with E-state index in [0.29, 0.717) is 11.2 Å². The van der Waals surface area contributed by atoms with Crippen molar-refractivity contribution >= 4 is 6.16 Å². The van der Waals surface area contributed by atoms with E-state index in [0.717, 1.165) is 54.8 Å². The lowest BCUT2D eigenvalue weighted by molar-refractivity contribution is -0.0597. The largest absolute Gasteiger partial charge is 0.514 e. The molecule has 37 heavy (non-hydrogen) atoms. The van der Waals surface area contributed by atoms with E-state index in [2.05, 4.69) is 40.7 Å².